The van der Waals surface area contributed by atoms with Gasteiger partial charge in [-0.25, -0.2) is 4.79 Å². The fourth-order valence-corrected chi connectivity index (χ4v) is 2.51. The summed E-state index contributed by atoms with van der Waals surface area (Å²) >= 11 is 0. The number of benzene rings is 1. The molecule has 27 heavy (non-hydrogen) atoms. The summed E-state index contributed by atoms with van der Waals surface area (Å²) in [6.07, 6.45) is 1.90. The van der Waals surface area contributed by atoms with Gasteiger partial charge in [0.25, 0.3) is 0 Å². The smallest absolute Gasteiger partial charge is 0.356 e. The number of rotatable bonds is 11. The number of carbonyl (C=O) groups excluding carboxylic acids is 2. The number of carbonyl (C=O) groups is 2. The van der Waals surface area contributed by atoms with E-state index in [1.807, 2.05) is 37.3 Å². The number of ether oxygens (including phenoxy) is 3. The number of esters is 2. The standard InChI is InChI=1S/C20H26N2O5/c1-16-14-18(20(24)27-15-17-8-4-3-5-9-17)22(21-16)11-13-26-12-7-6-10-19(23)25-2/h3-5,8-9,14H,6-7,10-13,15H2,1-2H3. The van der Waals surface area contributed by atoms with Crippen molar-refractivity contribution in [3.05, 3.63) is 53.3 Å². The first-order valence-electron chi connectivity index (χ1n) is 9.00. The normalized spacial score (nSPS) is 10.6. The van der Waals surface area contributed by atoms with Crippen LogP contribution in [0.25, 0.3) is 0 Å². The predicted molar refractivity (Wildman–Crippen MR) is 99.2 cm³/mol. The molecule has 2 rings (SSSR count). The van der Waals surface area contributed by atoms with Gasteiger partial charge in [0.1, 0.15) is 12.3 Å². The molecule has 0 saturated carbocycles. The largest absolute Gasteiger partial charge is 0.469 e. The number of hydrogen-bond acceptors (Lipinski definition) is 6. The second kappa shape index (κ2) is 11.1. The first kappa shape index (κ1) is 20.6. The number of aryl methyl sites for hydroxylation is 1. The molecule has 1 heterocycles. The minimum atomic E-state index is -0.405. The van der Waals surface area contributed by atoms with Crippen molar-refractivity contribution in [1.29, 1.82) is 0 Å². The first-order chi connectivity index (χ1) is 13.1. The minimum absolute atomic E-state index is 0.208. The monoisotopic (exact) mass is 374 g/mol. The molecule has 146 valence electrons. The average Bonchev–Trinajstić information content (AvgIpc) is 3.06. The Kier molecular flexibility index (Phi) is 8.51. The quantitative estimate of drug-likeness (QED) is 0.444. The number of unbranched alkanes of at least 4 members (excludes halogenated alkanes) is 1. The van der Waals surface area contributed by atoms with Crippen LogP contribution >= 0.6 is 0 Å². The van der Waals surface area contributed by atoms with Gasteiger partial charge in [0.2, 0.25) is 0 Å². The van der Waals surface area contributed by atoms with Crippen LogP contribution in [-0.2, 0) is 32.2 Å². The third-order valence-corrected chi connectivity index (χ3v) is 3.92. The van der Waals surface area contributed by atoms with Gasteiger partial charge < -0.3 is 14.2 Å². The van der Waals surface area contributed by atoms with E-state index in [1.54, 1.807) is 10.7 Å². The topological polar surface area (TPSA) is 79.7 Å². The zero-order valence-corrected chi connectivity index (χ0v) is 15.8. The lowest BCUT2D eigenvalue weighted by Crippen LogP contribution is -2.16. The zero-order chi connectivity index (χ0) is 19.5. The first-order valence-corrected chi connectivity index (χ1v) is 9.00. The van der Waals surface area contributed by atoms with E-state index in [-0.39, 0.29) is 12.6 Å². The Morgan fingerprint density at radius 3 is 2.63 bits per heavy atom. The SMILES string of the molecule is COC(=O)CCCCOCCn1nc(C)cc1C(=O)OCc1ccccc1. The molecular formula is C20H26N2O5. The lowest BCUT2D eigenvalue weighted by atomic mass is 10.2. The molecule has 0 spiro atoms. The van der Waals surface area contributed by atoms with Crippen molar-refractivity contribution < 1.29 is 23.8 Å². The maximum absolute atomic E-state index is 12.4. The van der Waals surface area contributed by atoms with Gasteiger partial charge >= 0.3 is 11.9 Å². The van der Waals surface area contributed by atoms with E-state index in [1.165, 1.54) is 7.11 Å². The van der Waals surface area contributed by atoms with Crippen LogP contribution in [0.15, 0.2) is 36.4 Å². The molecule has 0 aliphatic carbocycles. The van der Waals surface area contributed by atoms with Crippen LogP contribution in [0.3, 0.4) is 0 Å². The molecule has 0 radical (unpaired) electrons. The molecule has 0 aliphatic heterocycles. The summed E-state index contributed by atoms with van der Waals surface area (Å²) in [5.74, 6) is -0.613. The maximum Gasteiger partial charge on any atom is 0.356 e. The van der Waals surface area contributed by atoms with Crippen molar-refractivity contribution in [2.24, 2.45) is 0 Å². The molecule has 7 nitrogen and oxygen atoms in total. The summed E-state index contributed by atoms with van der Waals surface area (Å²) < 4.78 is 17.1. The van der Waals surface area contributed by atoms with E-state index in [4.69, 9.17) is 9.47 Å². The van der Waals surface area contributed by atoms with Gasteiger partial charge in [-0.1, -0.05) is 30.3 Å². The molecule has 0 N–H and O–H groups in total. The van der Waals surface area contributed by atoms with Crippen LogP contribution in [0, 0.1) is 6.92 Å². The molecule has 0 aliphatic rings. The zero-order valence-electron chi connectivity index (χ0n) is 15.8. The van der Waals surface area contributed by atoms with E-state index in [2.05, 4.69) is 9.84 Å². The minimum Gasteiger partial charge on any atom is -0.469 e. The van der Waals surface area contributed by atoms with Crippen LogP contribution < -0.4 is 0 Å². The second-order valence-electron chi connectivity index (χ2n) is 6.10. The molecule has 0 bridgehead atoms. The van der Waals surface area contributed by atoms with Crippen molar-refractivity contribution in [3.63, 3.8) is 0 Å². The highest BCUT2D eigenvalue weighted by Crippen LogP contribution is 2.09. The predicted octanol–water partition coefficient (Wildman–Crippen LogP) is 2.91. The molecule has 1 aromatic carbocycles. The van der Waals surface area contributed by atoms with Crippen LogP contribution in [0.5, 0.6) is 0 Å². The Morgan fingerprint density at radius 1 is 1.11 bits per heavy atom. The maximum atomic E-state index is 12.4. The molecule has 0 amide bonds. The van der Waals surface area contributed by atoms with Gasteiger partial charge in [-0.05, 0) is 31.4 Å². The second-order valence-corrected chi connectivity index (χ2v) is 6.10. The molecule has 7 heteroatoms. The molecule has 0 unspecified atom stereocenters. The van der Waals surface area contributed by atoms with Crippen molar-refractivity contribution in [2.45, 2.75) is 39.3 Å². The molecule has 0 fully saturated rings. The number of methoxy groups -OCH3 is 1. The van der Waals surface area contributed by atoms with E-state index >= 15 is 0 Å². The van der Waals surface area contributed by atoms with E-state index in [0.29, 0.717) is 31.9 Å². The van der Waals surface area contributed by atoms with Gasteiger partial charge in [-0.3, -0.25) is 9.48 Å². The average molecular weight is 374 g/mol. The lowest BCUT2D eigenvalue weighted by molar-refractivity contribution is -0.140. The highest BCUT2D eigenvalue weighted by atomic mass is 16.5. The van der Waals surface area contributed by atoms with Crippen LogP contribution in [0.2, 0.25) is 0 Å². The third-order valence-electron chi connectivity index (χ3n) is 3.92. The number of nitrogens with zero attached hydrogens (tertiary/aromatic N) is 2. The summed E-state index contributed by atoms with van der Waals surface area (Å²) in [5, 5.41) is 4.33. The molecule has 0 saturated heterocycles. The third kappa shape index (κ3) is 7.22. The van der Waals surface area contributed by atoms with Gasteiger partial charge in [0.15, 0.2) is 0 Å². The van der Waals surface area contributed by atoms with Gasteiger partial charge in [0.05, 0.1) is 26.0 Å². The summed E-state index contributed by atoms with van der Waals surface area (Å²) in [4.78, 5) is 23.4. The Hall–Kier alpha value is -2.67. The van der Waals surface area contributed by atoms with E-state index in [9.17, 15) is 9.59 Å². The van der Waals surface area contributed by atoms with Gasteiger partial charge in [0, 0.05) is 13.0 Å². The Morgan fingerprint density at radius 2 is 1.89 bits per heavy atom. The van der Waals surface area contributed by atoms with Crippen LogP contribution in [-0.4, -0.2) is 42.0 Å². The Labute approximate surface area is 159 Å². The molecular weight excluding hydrogens is 348 g/mol. The van der Waals surface area contributed by atoms with Crippen molar-refractivity contribution in [1.82, 2.24) is 9.78 Å². The summed E-state index contributed by atoms with van der Waals surface area (Å²) in [5.41, 5.74) is 2.10. The fourth-order valence-electron chi connectivity index (χ4n) is 2.51. The van der Waals surface area contributed by atoms with E-state index in [0.717, 1.165) is 24.1 Å². The summed E-state index contributed by atoms with van der Waals surface area (Å²) in [6.45, 7) is 3.49. The van der Waals surface area contributed by atoms with Gasteiger partial charge in [-0.2, -0.15) is 5.10 Å². The van der Waals surface area contributed by atoms with Crippen LogP contribution in [0.4, 0.5) is 0 Å². The van der Waals surface area contributed by atoms with Crippen molar-refractivity contribution >= 4 is 11.9 Å². The van der Waals surface area contributed by atoms with E-state index < -0.39 is 5.97 Å². The van der Waals surface area contributed by atoms with Gasteiger partial charge in [-0.15, -0.1) is 0 Å². The van der Waals surface area contributed by atoms with Crippen molar-refractivity contribution in [2.75, 3.05) is 20.3 Å². The highest BCUT2D eigenvalue weighted by Gasteiger charge is 2.15. The van der Waals surface area contributed by atoms with Crippen LogP contribution in [0.1, 0.15) is 41.0 Å². The highest BCUT2D eigenvalue weighted by molar-refractivity contribution is 5.87. The van der Waals surface area contributed by atoms with Crippen molar-refractivity contribution in [3.8, 4) is 0 Å². The molecule has 2 aromatic rings. The lowest BCUT2D eigenvalue weighted by Gasteiger charge is -2.09. The summed E-state index contributed by atoms with van der Waals surface area (Å²) in [7, 11) is 1.38. The molecule has 1 aromatic heterocycles. The molecule has 0 atom stereocenters. The number of aromatic nitrogens is 2. The summed E-state index contributed by atoms with van der Waals surface area (Å²) in [6, 6.07) is 11.2. The fraction of sp³-hybridized carbons (Fsp3) is 0.450. The Bertz CT molecular complexity index is 727. The number of hydrogen-bond donors (Lipinski definition) is 0. The Balaban J connectivity index is 1.74.